The molecule has 1 aromatic heterocycles. The predicted molar refractivity (Wildman–Crippen MR) is 69.9 cm³/mol. The maximum atomic E-state index is 11.6. The smallest absolute Gasteiger partial charge is 0.202 e. The number of nitrogens with one attached hydrogen (secondary N) is 1. The Balaban J connectivity index is 2.71. The second kappa shape index (κ2) is 5.08. The van der Waals surface area contributed by atoms with Crippen molar-refractivity contribution in [2.24, 2.45) is 0 Å². The lowest BCUT2D eigenvalue weighted by molar-refractivity contribution is 0.558. The third-order valence-corrected chi connectivity index (χ3v) is 5.01. The van der Waals surface area contributed by atoms with E-state index in [4.69, 9.17) is 0 Å². The van der Waals surface area contributed by atoms with Gasteiger partial charge in [0, 0.05) is 31.7 Å². The van der Waals surface area contributed by atoms with E-state index >= 15 is 0 Å². The van der Waals surface area contributed by atoms with E-state index in [0.717, 1.165) is 18.9 Å². The van der Waals surface area contributed by atoms with Crippen LogP contribution in [0.5, 0.6) is 0 Å². The van der Waals surface area contributed by atoms with Crippen molar-refractivity contribution in [2.45, 2.75) is 38.5 Å². The van der Waals surface area contributed by atoms with Crippen LogP contribution in [0.2, 0.25) is 0 Å². The fraction of sp³-hybridized carbons (Fsp3) is 0.727. The number of rotatable bonds is 6. The zero-order chi connectivity index (χ0) is 13.1. The summed E-state index contributed by atoms with van der Waals surface area (Å²) in [4.78, 5) is 4.18. The first-order valence-corrected chi connectivity index (χ1v) is 7.61. The molecule has 1 rings (SSSR count). The minimum atomic E-state index is -3.08. The van der Waals surface area contributed by atoms with Crippen LogP contribution >= 0.6 is 0 Å². The van der Waals surface area contributed by atoms with Gasteiger partial charge in [-0.15, -0.1) is 0 Å². The molecule has 5 nitrogen and oxygen atoms in total. The Morgan fingerprint density at radius 2 is 2.12 bits per heavy atom. The molecule has 0 amide bonds. The van der Waals surface area contributed by atoms with Crippen LogP contribution < -0.4 is 5.32 Å². The van der Waals surface area contributed by atoms with Crippen molar-refractivity contribution in [3.63, 3.8) is 0 Å². The van der Waals surface area contributed by atoms with Crippen LogP contribution in [0.15, 0.2) is 12.4 Å². The Kier molecular flexibility index (Phi) is 4.19. The summed E-state index contributed by atoms with van der Waals surface area (Å²) in [6.45, 7) is 6.74. The number of sulfone groups is 1. The second-order valence-electron chi connectivity index (χ2n) is 4.83. The van der Waals surface area contributed by atoms with E-state index in [1.807, 2.05) is 10.8 Å². The molecule has 0 aliphatic carbocycles. The predicted octanol–water partition coefficient (Wildman–Crippen LogP) is 1.53. The molecule has 6 heteroatoms. The van der Waals surface area contributed by atoms with Gasteiger partial charge in [-0.05, 0) is 20.3 Å². The van der Waals surface area contributed by atoms with Crippen molar-refractivity contribution < 1.29 is 8.42 Å². The minimum Gasteiger partial charge on any atom is -0.354 e. The van der Waals surface area contributed by atoms with Gasteiger partial charge in [0.05, 0.1) is 4.75 Å². The number of aromatic nitrogens is 2. The molecule has 1 heterocycles. The highest BCUT2D eigenvalue weighted by Gasteiger charge is 2.30. The van der Waals surface area contributed by atoms with E-state index in [2.05, 4.69) is 17.2 Å². The summed E-state index contributed by atoms with van der Waals surface area (Å²) in [6.07, 6.45) is 5.87. The summed E-state index contributed by atoms with van der Waals surface area (Å²) >= 11 is 0. The molecule has 0 spiro atoms. The highest BCUT2D eigenvalue weighted by molar-refractivity contribution is 7.92. The number of hydrogen-bond acceptors (Lipinski definition) is 4. The summed E-state index contributed by atoms with van der Waals surface area (Å²) in [6, 6.07) is 0. The SMILES string of the molecule is CCCn1ccnc1NCC(C)(C)S(C)(=O)=O. The van der Waals surface area contributed by atoms with E-state index in [9.17, 15) is 8.42 Å². The van der Waals surface area contributed by atoms with Crippen LogP contribution in [0.25, 0.3) is 0 Å². The van der Waals surface area contributed by atoms with Gasteiger partial charge in [0.25, 0.3) is 0 Å². The molecule has 0 saturated carbocycles. The molecule has 0 aliphatic heterocycles. The lowest BCUT2D eigenvalue weighted by atomic mass is 10.2. The number of anilines is 1. The molecule has 0 fully saturated rings. The molecule has 0 saturated heterocycles. The standard InChI is InChI=1S/C11H21N3O2S/c1-5-7-14-8-6-12-10(14)13-9-11(2,3)17(4,15)16/h6,8H,5,7,9H2,1-4H3,(H,12,13). The highest BCUT2D eigenvalue weighted by atomic mass is 32.2. The first-order valence-electron chi connectivity index (χ1n) is 5.72. The molecular weight excluding hydrogens is 238 g/mol. The zero-order valence-corrected chi connectivity index (χ0v) is 11.7. The third kappa shape index (κ3) is 3.46. The van der Waals surface area contributed by atoms with E-state index in [-0.39, 0.29) is 0 Å². The molecule has 0 atom stereocenters. The molecule has 17 heavy (non-hydrogen) atoms. The molecule has 0 radical (unpaired) electrons. The average Bonchev–Trinajstić information content (AvgIpc) is 2.61. The maximum absolute atomic E-state index is 11.6. The molecule has 1 N–H and O–H groups in total. The molecular formula is C11H21N3O2S. The van der Waals surface area contributed by atoms with Crippen molar-refractivity contribution in [3.05, 3.63) is 12.4 Å². The number of aryl methyl sites for hydroxylation is 1. The highest BCUT2D eigenvalue weighted by Crippen LogP contribution is 2.16. The van der Waals surface area contributed by atoms with Crippen LogP contribution in [-0.2, 0) is 16.4 Å². The summed E-state index contributed by atoms with van der Waals surface area (Å²) < 4.78 is 24.3. The van der Waals surface area contributed by atoms with Gasteiger partial charge in [-0.25, -0.2) is 13.4 Å². The fourth-order valence-electron chi connectivity index (χ4n) is 1.32. The molecule has 0 unspecified atom stereocenters. The lowest BCUT2D eigenvalue weighted by Crippen LogP contribution is -2.38. The van der Waals surface area contributed by atoms with Gasteiger partial charge in [0.2, 0.25) is 5.95 Å². The van der Waals surface area contributed by atoms with Crippen molar-refractivity contribution in [1.29, 1.82) is 0 Å². The van der Waals surface area contributed by atoms with Crippen molar-refractivity contribution in [1.82, 2.24) is 9.55 Å². The van der Waals surface area contributed by atoms with E-state index < -0.39 is 14.6 Å². The van der Waals surface area contributed by atoms with Gasteiger partial charge in [0.15, 0.2) is 9.84 Å². The van der Waals surface area contributed by atoms with E-state index in [1.165, 1.54) is 6.26 Å². The molecule has 0 aromatic carbocycles. The zero-order valence-electron chi connectivity index (χ0n) is 10.9. The molecule has 0 bridgehead atoms. The van der Waals surface area contributed by atoms with Crippen molar-refractivity contribution in [3.8, 4) is 0 Å². The summed E-state index contributed by atoms with van der Waals surface area (Å²) in [5.74, 6) is 0.726. The Hall–Kier alpha value is -1.04. The fourth-order valence-corrected chi connectivity index (χ4v) is 1.66. The number of hydrogen-bond donors (Lipinski definition) is 1. The van der Waals surface area contributed by atoms with Crippen LogP contribution in [0.3, 0.4) is 0 Å². The van der Waals surface area contributed by atoms with Crippen LogP contribution in [-0.4, -0.2) is 35.5 Å². The number of nitrogens with zero attached hydrogens (tertiary/aromatic N) is 2. The maximum Gasteiger partial charge on any atom is 0.202 e. The average molecular weight is 259 g/mol. The normalized spacial score (nSPS) is 12.7. The first kappa shape index (κ1) is 14.0. The molecule has 98 valence electrons. The van der Waals surface area contributed by atoms with Gasteiger partial charge < -0.3 is 9.88 Å². The first-order chi connectivity index (χ1) is 7.78. The summed E-state index contributed by atoms with van der Waals surface area (Å²) in [7, 11) is -3.08. The summed E-state index contributed by atoms with van der Waals surface area (Å²) in [5.41, 5.74) is 0. The largest absolute Gasteiger partial charge is 0.354 e. The van der Waals surface area contributed by atoms with Crippen molar-refractivity contribution in [2.75, 3.05) is 18.1 Å². The van der Waals surface area contributed by atoms with Crippen LogP contribution in [0, 0.1) is 0 Å². The Labute approximate surface area is 103 Å². The monoisotopic (exact) mass is 259 g/mol. The Morgan fingerprint density at radius 3 is 2.65 bits per heavy atom. The van der Waals surface area contributed by atoms with Crippen molar-refractivity contribution >= 4 is 15.8 Å². The van der Waals surface area contributed by atoms with E-state index in [1.54, 1.807) is 20.0 Å². The van der Waals surface area contributed by atoms with Gasteiger partial charge in [0.1, 0.15) is 0 Å². The minimum absolute atomic E-state index is 0.354. The van der Waals surface area contributed by atoms with Gasteiger partial charge in [-0.1, -0.05) is 6.92 Å². The Bertz CT molecular complexity index is 463. The van der Waals surface area contributed by atoms with Gasteiger partial charge in [-0.2, -0.15) is 0 Å². The molecule has 0 aliphatic rings. The quantitative estimate of drug-likeness (QED) is 0.841. The van der Waals surface area contributed by atoms with Crippen LogP contribution in [0.4, 0.5) is 5.95 Å². The molecule has 1 aromatic rings. The number of imidazole rings is 1. The van der Waals surface area contributed by atoms with Gasteiger partial charge >= 0.3 is 0 Å². The Morgan fingerprint density at radius 1 is 1.47 bits per heavy atom. The topological polar surface area (TPSA) is 64.0 Å². The lowest BCUT2D eigenvalue weighted by Gasteiger charge is -2.23. The van der Waals surface area contributed by atoms with E-state index in [0.29, 0.717) is 6.54 Å². The second-order valence-corrected chi connectivity index (χ2v) is 7.48. The van der Waals surface area contributed by atoms with Gasteiger partial charge in [-0.3, -0.25) is 0 Å². The third-order valence-electron chi connectivity index (χ3n) is 2.86. The summed E-state index contributed by atoms with van der Waals surface area (Å²) in [5, 5.41) is 3.10. The van der Waals surface area contributed by atoms with Crippen LogP contribution in [0.1, 0.15) is 27.2 Å².